The summed E-state index contributed by atoms with van der Waals surface area (Å²) < 4.78 is 0. The Morgan fingerprint density at radius 2 is 1.95 bits per heavy atom. The molecule has 0 spiro atoms. The van der Waals surface area contributed by atoms with Gasteiger partial charge in [0, 0.05) is 42.5 Å². The normalized spacial score (nSPS) is 24.4. The second kappa shape index (κ2) is 7.34. The van der Waals surface area contributed by atoms with Crippen LogP contribution >= 0.6 is 23.1 Å². The lowest BCUT2D eigenvalue weighted by Gasteiger charge is -2.33. The number of thioether (sulfide) groups is 1. The molecule has 1 amide bonds. The zero-order valence-corrected chi connectivity index (χ0v) is 15.1. The molecule has 0 aliphatic carbocycles. The first-order valence-electron chi connectivity index (χ1n) is 8.02. The summed E-state index contributed by atoms with van der Waals surface area (Å²) in [5.74, 6) is 0.940. The van der Waals surface area contributed by atoms with Crippen LogP contribution in [0.5, 0.6) is 0 Å². The van der Waals surface area contributed by atoms with E-state index >= 15 is 0 Å². The molecule has 0 radical (unpaired) electrons. The van der Waals surface area contributed by atoms with E-state index in [1.165, 1.54) is 9.75 Å². The molecule has 4 nitrogen and oxygen atoms in total. The molecule has 0 bridgehead atoms. The molecule has 1 atom stereocenters. The number of hydrogen-bond donors (Lipinski definition) is 0. The van der Waals surface area contributed by atoms with E-state index in [4.69, 9.17) is 0 Å². The molecule has 1 aromatic rings. The van der Waals surface area contributed by atoms with Gasteiger partial charge in [-0.25, -0.2) is 0 Å². The van der Waals surface area contributed by atoms with Crippen LogP contribution in [0.1, 0.15) is 21.5 Å². The van der Waals surface area contributed by atoms with Gasteiger partial charge in [0.2, 0.25) is 5.91 Å². The van der Waals surface area contributed by atoms with E-state index in [1.54, 1.807) is 11.8 Å². The molecular weight excluding hydrogens is 314 g/mol. The molecule has 3 rings (SSSR count). The highest BCUT2D eigenvalue weighted by Crippen LogP contribution is 2.41. The van der Waals surface area contributed by atoms with Gasteiger partial charge in [-0.1, -0.05) is 0 Å². The molecule has 2 saturated heterocycles. The van der Waals surface area contributed by atoms with E-state index in [0.717, 1.165) is 45.7 Å². The number of carbonyl (C=O) groups is 1. The molecule has 0 saturated carbocycles. The zero-order valence-electron chi connectivity index (χ0n) is 13.5. The fourth-order valence-corrected chi connectivity index (χ4v) is 5.39. The highest BCUT2D eigenvalue weighted by molar-refractivity contribution is 8.00. The van der Waals surface area contributed by atoms with Gasteiger partial charge in [0.1, 0.15) is 5.37 Å². The molecule has 0 aromatic carbocycles. The monoisotopic (exact) mass is 339 g/mol. The predicted octanol–water partition coefficient (Wildman–Crippen LogP) is 2.27. The third kappa shape index (κ3) is 3.85. The SMILES string of the molecule is Cc1ccc(C2SCC(=O)N2CCCN2CCN(C)CC2)s1. The van der Waals surface area contributed by atoms with Crippen molar-refractivity contribution in [1.82, 2.24) is 14.7 Å². The van der Waals surface area contributed by atoms with E-state index in [9.17, 15) is 4.79 Å². The van der Waals surface area contributed by atoms with Gasteiger partial charge in [0.05, 0.1) is 5.75 Å². The van der Waals surface area contributed by atoms with Crippen LogP contribution < -0.4 is 0 Å². The average Bonchev–Trinajstić information content (AvgIpc) is 3.08. The van der Waals surface area contributed by atoms with E-state index in [-0.39, 0.29) is 5.37 Å². The Morgan fingerprint density at radius 3 is 2.64 bits per heavy atom. The summed E-state index contributed by atoms with van der Waals surface area (Å²) in [7, 11) is 2.19. The molecule has 1 aromatic heterocycles. The molecule has 22 heavy (non-hydrogen) atoms. The van der Waals surface area contributed by atoms with E-state index in [1.807, 2.05) is 11.3 Å². The predicted molar refractivity (Wildman–Crippen MR) is 94.5 cm³/mol. The summed E-state index contributed by atoms with van der Waals surface area (Å²) in [6.07, 6.45) is 1.08. The quantitative estimate of drug-likeness (QED) is 0.822. The molecule has 1 unspecified atom stereocenters. The van der Waals surface area contributed by atoms with Gasteiger partial charge in [0.15, 0.2) is 0 Å². The lowest BCUT2D eigenvalue weighted by atomic mass is 10.3. The summed E-state index contributed by atoms with van der Waals surface area (Å²) in [4.78, 5) is 21.8. The Labute approximate surface area is 141 Å². The topological polar surface area (TPSA) is 26.8 Å². The maximum atomic E-state index is 12.2. The number of rotatable bonds is 5. The number of amides is 1. The van der Waals surface area contributed by atoms with Gasteiger partial charge in [-0.2, -0.15) is 0 Å². The third-order valence-corrected chi connectivity index (χ3v) is 6.88. The number of nitrogens with zero attached hydrogens (tertiary/aromatic N) is 3. The summed E-state index contributed by atoms with van der Waals surface area (Å²) in [5, 5.41) is 0.249. The number of carbonyl (C=O) groups excluding carboxylic acids is 1. The van der Waals surface area contributed by atoms with Crippen molar-refractivity contribution in [1.29, 1.82) is 0 Å². The Morgan fingerprint density at radius 1 is 1.18 bits per heavy atom. The van der Waals surface area contributed by atoms with Crippen LogP contribution in [0.15, 0.2) is 12.1 Å². The van der Waals surface area contributed by atoms with Crippen LogP contribution in [0.25, 0.3) is 0 Å². The van der Waals surface area contributed by atoms with Crippen LogP contribution in [-0.4, -0.2) is 72.7 Å². The van der Waals surface area contributed by atoms with Gasteiger partial charge in [-0.3, -0.25) is 4.79 Å². The first-order chi connectivity index (χ1) is 10.6. The van der Waals surface area contributed by atoms with E-state index in [0.29, 0.717) is 11.7 Å². The summed E-state index contributed by atoms with van der Waals surface area (Å²) >= 11 is 3.60. The minimum atomic E-state index is 0.249. The van der Waals surface area contributed by atoms with Crippen molar-refractivity contribution in [2.24, 2.45) is 0 Å². The Balaban J connectivity index is 1.50. The van der Waals surface area contributed by atoms with Gasteiger partial charge in [0.25, 0.3) is 0 Å². The largest absolute Gasteiger partial charge is 0.325 e. The Bertz CT molecular complexity index is 511. The minimum Gasteiger partial charge on any atom is -0.325 e. The van der Waals surface area contributed by atoms with Gasteiger partial charge in [-0.15, -0.1) is 23.1 Å². The molecule has 3 heterocycles. The van der Waals surface area contributed by atoms with Crippen LogP contribution in [0.2, 0.25) is 0 Å². The van der Waals surface area contributed by atoms with Gasteiger partial charge >= 0.3 is 0 Å². The van der Waals surface area contributed by atoms with Crippen molar-refractivity contribution in [3.63, 3.8) is 0 Å². The summed E-state index contributed by atoms with van der Waals surface area (Å²) in [6.45, 7) is 8.77. The first-order valence-corrected chi connectivity index (χ1v) is 9.88. The maximum absolute atomic E-state index is 12.2. The molecule has 122 valence electrons. The Kier molecular flexibility index (Phi) is 5.44. The fourth-order valence-electron chi connectivity index (χ4n) is 3.05. The van der Waals surface area contributed by atoms with Crippen molar-refractivity contribution in [2.45, 2.75) is 18.7 Å². The van der Waals surface area contributed by atoms with Crippen LogP contribution in [0.3, 0.4) is 0 Å². The maximum Gasteiger partial charge on any atom is 0.233 e. The van der Waals surface area contributed by atoms with Crippen molar-refractivity contribution >= 4 is 29.0 Å². The van der Waals surface area contributed by atoms with E-state index in [2.05, 4.69) is 40.8 Å². The van der Waals surface area contributed by atoms with Gasteiger partial charge in [-0.05, 0) is 39.1 Å². The average molecular weight is 340 g/mol. The Hall–Kier alpha value is -0.560. The third-order valence-electron chi connectivity index (χ3n) is 4.44. The van der Waals surface area contributed by atoms with Crippen LogP contribution in [0, 0.1) is 6.92 Å². The number of aryl methyl sites for hydroxylation is 1. The second-order valence-corrected chi connectivity index (χ2v) is 8.59. The highest BCUT2D eigenvalue weighted by Gasteiger charge is 2.33. The first kappa shape index (κ1) is 16.3. The molecule has 6 heteroatoms. The van der Waals surface area contributed by atoms with E-state index < -0.39 is 0 Å². The number of piperazine rings is 1. The number of thiophene rings is 1. The smallest absolute Gasteiger partial charge is 0.233 e. The minimum absolute atomic E-state index is 0.249. The molecule has 2 aliphatic rings. The second-order valence-electron chi connectivity index (χ2n) is 6.20. The standard InChI is InChI=1S/C16H25N3OS2/c1-13-4-5-14(22-13)16-19(15(20)12-21-16)7-3-6-18-10-8-17(2)9-11-18/h4-5,16H,3,6-12H2,1-2H3. The van der Waals surface area contributed by atoms with Crippen molar-refractivity contribution < 1.29 is 4.79 Å². The number of likely N-dealkylation sites (N-methyl/N-ethyl adjacent to an activating group) is 1. The van der Waals surface area contributed by atoms with Crippen molar-refractivity contribution in [3.05, 3.63) is 21.9 Å². The van der Waals surface area contributed by atoms with Crippen LogP contribution in [0.4, 0.5) is 0 Å². The summed E-state index contributed by atoms with van der Waals surface area (Å²) in [6, 6.07) is 4.34. The zero-order chi connectivity index (χ0) is 15.5. The van der Waals surface area contributed by atoms with Gasteiger partial charge < -0.3 is 14.7 Å². The van der Waals surface area contributed by atoms with Crippen molar-refractivity contribution in [3.8, 4) is 0 Å². The molecular formula is C16H25N3OS2. The lowest BCUT2D eigenvalue weighted by Crippen LogP contribution is -2.45. The lowest BCUT2D eigenvalue weighted by molar-refractivity contribution is -0.128. The molecule has 0 N–H and O–H groups in total. The van der Waals surface area contributed by atoms with Crippen molar-refractivity contribution in [2.75, 3.05) is 52.1 Å². The molecule has 2 fully saturated rings. The fraction of sp³-hybridized carbons (Fsp3) is 0.688. The highest BCUT2D eigenvalue weighted by atomic mass is 32.2. The van der Waals surface area contributed by atoms with Crippen LogP contribution in [-0.2, 0) is 4.79 Å². The molecule has 2 aliphatic heterocycles. The number of hydrogen-bond acceptors (Lipinski definition) is 5. The summed E-state index contributed by atoms with van der Waals surface area (Å²) in [5.41, 5.74) is 0.